The average molecular weight is 283 g/mol. The molecule has 9 heteroatoms. The first-order valence-corrected chi connectivity index (χ1v) is 5.29. The highest BCUT2D eigenvalue weighted by Gasteiger charge is 2.31. The van der Waals surface area contributed by atoms with Crippen molar-refractivity contribution in [2.24, 2.45) is 0 Å². The minimum atomic E-state index is -4.56. The number of hydrogen-bond donors (Lipinski definition) is 2. The second kappa shape index (κ2) is 5.11. The van der Waals surface area contributed by atoms with E-state index in [2.05, 4.69) is 20.5 Å². The van der Waals surface area contributed by atoms with Crippen LogP contribution in [-0.2, 0) is 6.18 Å². The van der Waals surface area contributed by atoms with Gasteiger partial charge in [0, 0.05) is 5.69 Å². The number of rotatable bonds is 2. The van der Waals surface area contributed by atoms with E-state index in [1.54, 1.807) is 0 Å². The van der Waals surface area contributed by atoms with Crippen LogP contribution in [0.15, 0.2) is 30.6 Å². The molecule has 0 fully saturated rings. The quantitative estimate of drug-likeness (QED) is 0.818. The molecular formula is C11H8F3N5O. The van der Waals surface area contributed by atoms with Crippen molar-refractivity contribution in [1.29, 1.82) is 0 Å². The smallest absolute Gasteiger partial charge is 0.398 e. The molecule has 1 amide bonds. The van der Waals surface area contributed by atoms with E-state index in [9.17, 15) is 18.0 Å². The molecule has 2 aromatic rings. The van der Waals surface area contributed by atoms with Crippen LogP contribution in [0.3, 0.4) is 0 Å². The van der Waals surface area contributed by atoms with E-state index in [1.165, 1.54) is 12.4 Å². The Hall–Kier alpha value is -2.71. The number of nitrogens with one attached hydrogen (secondary N) is 1. The van der Waals surface area contributed by atoms with Gasteiger partial charge < -0.3 is 5.73 Å². The molecule has 0 atom stereocenters. The lowest BCUT2D eigenvalue weighted by molar-refractivity contribution is -0.137. The molecule has 0 aliphatic carbocycles. The molecule has 20 heavy (non-hydrogen) atoms. The maximum atomic E-state index is 12.6. The van der Waals surface area contributed by atoms with Crippen molar-refractivity contribution in [3.05, 3.63) is 41.7 Å². The van der Waals surface area contributed by atoms with Crippen molar-refractivity contribution >= 4 is 17.5 Å². The van der Waals surface area contributed by atoms with Gasteiger partial charge in [-0.15, -0.1) is 5.10 Å². The van der Waals surface area contributed by atoms with Crippen LogP contribution >= 0.6 is 0 Å². The van der Waals surface area contributed by atoms with E-state index < -0.39 is 17.6 Å². The molecule has 0 bridgehead atoms. The van der Waals surface area contributed by atoms with Crippen LogP contribution < -0.4 is 11.1 Å². The SMILES string of the molecule is Nc1ccc(C(F)(F)F)cc1C(=O)Nc1nccnn1. The summed E-state index contributed by atoms with van der Waals surface area (Å²) in [5.74, 6) is -0.976. The van der Waals surface area contributed by atoms with Gasteiger partial charge in [0.2, 0.25) is 5.95 Å². The Kier molecular flexibility index (Phi) is 3.51. The summed E-state index contributed by atoms with van der Waals surface area (Å²) in [6, 6.07) is 2.48. The fourth-order valence-corrected chi connectivity index (χ4v) is 1.40. The third-order valence-corrected chi connectivity index (χ3v) is 2.33. The Morgan fingerprint density at radius 3 is 2.60 bits per heavy atom. The number of anilines is 2. The molecule has 0 aliphatic rings. The minimum absolute atomic E-state index is 0.0839. The first-order chi connectivity index (χ1) is 9.38. The van der Waals surface area contributed by atoms with E-state index in [4.69, 9.17) is 5.73 Å². The number of halogens is 3. The zero-order valence-corrected chi connectivity index (χ0v) is 9.85. The summed E-state index contributed by atoms with van der Waals surface area (Å²) in [6.07, 6.45) is -2.00. The van der Waals surface area contributed by atoms with Crippen LogP contribution in [0.5, 0.6) is 0 Å². The van der Waals surface area contributed by atoms with Crippen LogP contribution in [-0.4, -0.2) is 21.1 Å². The predicted octanol–water partition coefficient (Wildman–Crippen LogP) is 1.72. The Morgan fingerprint density at radius 1 is 1.25 bits per heavy atom. The van der Waals surface area contributed by atoms with Gasteiger partial charge in [0.05, 0.1) is 23.5 Å². The van der Waals surface area contributed by atoms with E-state index in [0.717, 1.165) is 12.1 Å². The highest BCUT2D eigenvalue weighted by atomic mass is 19.4. The molecule has 0 radical (unpaired) electrons. The van der Waals surface area contributed by atoms with Crippen molar-refractivity contribution < 1.29 is 18.0 Å². The molecule has 3 N–H and O–H groups in total. The van der Waals surface area contributed by atoms with E-state index in [0.29, 0.717) is 6.07 Å². The van der Waals surface area contributed by atoms with Crippen molar-refractivity contribution in [2.45, 2.75) is 6.18 Å². The number of nitrogens with zero attached hydrogens (tertiary/aromatic N) is 3. The standard InChI is InChI=1S/C11H8F3N5O/c12-11(13,14)6-1-2-8(15)7(5-6)9(20)18-10-16-3-4-17-19-10/h1-5H,15H2,(H,16,18,19,20). The molecule has 104 valence electrons. The second-order valence-corrected chi connectivity index (χ2v) is 3.72. The van der Waals surface area contributed by atoms with Crippen LogP contribution in [0.25, 0.3) is 0 Å². The summed E-state index contributed by atoms with van der Waals surface area (Å²) in [4.78, 5) is 15.5. The Balaban J connectivity index is 2.30. The van der Waals surface area contributed by atoms with Crippen molar-refractivity contribution in [3.63, 3.8) is 0 Å². The molecule has 6 nitrogen and oxygen atoms in total. The fraction of sp³-hybridized carbons (Fsp3) is 0.0909. The zero-order chi connectivity index (χ0) is 14.8. The van der Waals surface area contributed by atoms with Crippen LogP contribution in [0.4, 0.5) is 24.8 Å². The summed E-state index contributed by atoms with van der Waals surface area (Å²) in [7, 11) is 0. The van der Waals surface area contributed by atoms with Crippen LogP contribution in [0.1, 0.15) is 15.9 Å². The van der Waals surface area contributed by atoms with Gasteiger partial charge in [-0.25, -0.2) is 4.98 Å². The fourth-order valence-electron chi connectivity index (χ4n) is 1.40. The number of carbonyl (C=O) groups excluding carboxylic acids is 1. The normalized spacial score (nSPS) is 11.2. The third-order valence-electron chi connectivity index (χ3n) is 2.33. The largest absolute Gasteiger partial charge is 0.416 e. The molecule has 1 aromatic carbocycles. The lowest BCUT2D eigenvalue weighted by atomic mass is 10.1. The zero-order valence-electron chi connectivity index (χ0n) is 9.85. The number of benzene rings is 1. The molecule has 0 saturated heterocycles. The number of amides is 1. The van der Waals surface area contributed by atoms with Gasteiger partial charge >= 0.3 is 6.18 Å². The van der Waals surface area contributed by atoms with Crippen molar-refractivity contribution in [2.75, 3.05) is 11.1 Å². The van der Waals surface area contributed by atoms with Gasteiger partial charge in [-0.2, -0.15) is 18.3 Å². The van der Waals surface area contributed by atoms with Gasteiger partial charge in [0.25, 0.3) is 5.91 Å². The number of nitrogen functional groups attached to an aromatic ring is 1. The number of hydrogen-bond acceptors (Lipinski definition) is 5. The van der Waals surface area contributed by atoms with E-state index >= 15 is 0 Å². The summed E-state index contributed by atoms with van der Waals surface area (Å²) >= 11 is 0. The van der Waals surface area contributed by atoms with Crippen LogP contribution in [0, 0.1) is 0 Å². The molecule has 0 spiro atoms. The molecule has 1 aromatic heterocycles. The lowest BCUT2D eigenvalue weighted by Crippen LogP contribution is -2.17. The van der Waals surface area contributed by atoms with Crippen molar-refractivity contribution in [3.8, 4) is 0 Å². The van der Waals surface area contributed by atoms with Gasteiger partial charge in [0.1, 0.15) is 0 Å². The first kappa shape index (κ1) is 13.7. The number of alkyl halides is 3. The second-order valence-electron chi connectivity index (χ2n) is 3.72. The molecule has 0 aliphatic heterocycles. The Bertz CT molecular complexity index is 630. The summed E-state index contributed by atoms with van der Waals surface area (Å²) in [5.41, 5.74) is 4.14. The Labute approximate surface area is 110 Å². The molecule has 0 unspecified atom stereocenters. The highest BCUT2D eigenvalue weighted by Crippen LogP contribution is 2.31. The van der Waals surface area contributed by atoms with Gasteiger partial charge in [-0.3, -0.25) is 10.1 Å². The van der Waals surface area contributed by atoms with Gasteiger partial charge in [-0.05, 0) is 18.2 Å². The molecule has 0 saturated carbocycles. The van der Waals surface area contributed by atoms with Gasteiger partial charge in [0.15, 0.2) is 0 Å². The minimum Gasteiger partial charge on any atom is -0.398 e. The van der Waals surface area contributed by atoms with Crippen LogP contribution in [0.2, 0.25) is 0 Å². The summed E-state index contributed by atoms with van der Waals surface area (Å²) in [6.45, 7) is 0. The highest BCUT2D eigenvalue weighted by molar-refractivity contribution is 6.07. The first-order valence-electron chi connectivity index (χ1n) is 5.29. The summed E-state index contributed by atoms with van der Waals surface area (Å²) < 4.78 is 37.7. The predicted molar refractivity (Wildman–Crippen MR) is 63.6 cm³/mol. The van der Waals surface area contributed by atoms with Crippen molar-refractivity contribution in [1.82, 2.24) is 15.2 Å². The topological polar surface area (TPSA) is 93.8 Å². The van der Waals surface area contributed by atoms with E-state index in [-0.39, 0.29) is 17.2 Å². The monoisotopic (exact) mass is 283 g/mol. The number of aromatic nitrogens is 3. The summed E-state index contributed by atoms with van der Waals surface area (Å²) in [5, 5.41) is 9.17. The maximum Gasteiger partial charge on any atom is 0.416 e. The number of nitrogens with two attached hydrogens (primary N) is 1. The third kappa shape index (κ3) is 2.99. The maximum absolute atomic E-state index is 12.6. The molecular weight excluding hydrogens is 275 g/mol. The molecule has 1 heterocycles. The molecule has 2 rings (SSSR count). The Morgan fingerprint density at radius 2 is 2.00 bits per heavy atom. The van der Waals surface area contributed by atoms with Gasteiger partial charge in [-0.1, -0.05) is 0 Å². The number of carbonyl (C=O) groups is 1. The lowest BCUT2D eigenvalue weighted by Gasteiger charge is -2.10. The van der Waals surface area contributed by atoms with E-state index in [1.807, 2.05) is 0 Å². The average Bonchev–Trinajstić information content (AvgIpc) is 2.39.